The highest BCUT2D eigenvalue weighted by Gasteiger charge is 2.32. The molecule has 0 unspecified atom stereocenters. The molecule has 23 heavy (non-hydrogen) atoms. The maximum absolute atomic E-state index is 12.5. The van der Waals surface area contributed by atoms with Gasteiger partial charge in [-0.25, -0.2) is 0 Å². The topological polar surface area (TPSA) is 58.2 Å². The van der Waals surface area contributed by atoms with Gasteiger partial charge in [-0.3, -0.25) is 9.59 Å². The first-order valence-electron chi connectivity index (χ1n) is 6.75. The number of rotatable bonds is 3. The van der Waals surface area contributed by atoms with Crippen LogP contribution in [0.15, 0.2) is 41.3 Å². The summed E-state index contributed by atoms with van der Waals surface area (Å²) in [6.45, 7) is 0. The fourth-order valence-corrected chi connectivity index (χ4v) is 3.61. The molecule has 4 nitrogen and oxygen atoms in total. The first kappa shape index (κ1) is 16.2. The van der Waals surface area contributed by atoms with E-state index in [0.717, 1.165) is 10.5 Å². The van der Waals surface area contributed by atoms with E-state index in [4.69, 9.17) is 23.2 Å². The number of thioether (sulfide) groups is 1. The van der Waals surface area contributed by atoms with E-state index in [0.29, 0.717) is 10.7 Å². The minimum atomic E-state index is -0.733. The number of halogens is 2. The van der Waals surface area contributed by atoms with Gasteiger partial charge in [0, 0.05) is 16.1 Å². The lowest BCUT2D eigenvalue weighted by Gasteiger charge is -2.13. The molecule has 1 atom stereocenters. The van der Waals surface area contributed by atoms with Crippen molar-refractivity contribution in [3.63, 3.8) is 0 Å². The summed E-state index contributed by atoms with van der Waals surface area (Å²) < 4.78 is 0. The molecule has 0 aliphatic carbocycles. The Morgan fingerprint density at radius 1 is 1.22 bits per heavy atom. The van der Waals surface area contributed by atoms with Crippen molar-refractivity contribution in [1.82, 2.24) is 5.32 Å². The lowest BCUT2D eigenvalue weighted by Crippen LogP contribution is -2.33. The van der Waals surface area contributed by atoms with E-state index in [1.165, 1.54) is 17.8 Å². The average Bonchev–Trinajstić information content (AvgIpc) is 2.83. The molecular weight excluding hydrogens is 355 g/mol. The second-order valence-electron chi connectivity index (χ2n) is 4.95. The monoisotopic (exact) mass is 366 g/mol. The maximum Gasteiger partial charge on any atom is 0.253 e. The zero-order valence-corrected chi connectivity index (χ0v) is 14.4. The highest BCUT2D eigenvalue weighted by atomic mass is 35.5. The standard InChI is InChI=1S/C16H12Cl2N2O2S/c1-23-13-6-9(10(17)7-11(13)18)15(21)20-14-8-4-2-3-5-12(8)19-16(14)22/h2-7,14H,1H3,(H,19,22)(H,20,21)/t14-/m0/s1. The Hall–Kier alpha value is -1.69. The van der Waals surface area contributed by atoms with Gasteiger partial charge in [0.05, 0.1) is 15.6 Å². The Balaban J connectivity index is 1.90. The molecule has 118 valence electrons. The quantitative estimate of drug-likeness (QED) is 0.802. The molecule has 0 saturated heterocycles. The number of hydrogen-bond acceptors (Lipinski definition) is 3. The summed E-state index contributed by atoms with van der Waals surface area (Å²) in [5.41, 5.74) is 1.73. The van der Waals surface area contributed by atoms with Crippen LogP contribution in [-0.4, -0.2) is 18.1 Å². The van der Waals surface area contributed by atoms with Crippen molar-refractivity contribution in [3.8, 4) is 0 Å². The first-order valence-corrected chi connectivity index (χ1v) is 8.73. The molecule has 0 aromatic heterocycles. The van der Waals surface area contributed by atoms with E-state index in [9.17, 15) is 9.59 Å². The number of para-hydroxylation sites is 1. The van der Waals surface area contributed by atoms with E-state index >= 15 is 0 Å². The van der Waals surface area contributed by atoms with Crippen molar-refractivity contribution < 1.29 is 9.59 Å². The van der Waals surface area contributed by atoms with E-state index < -0.39 is 11.9 Å². The number of benzene rings is 2. The SMILES string of the molecule is CSc1cc(C(=O)N[C@@H]2C(=O)Nc3ccccc32)c(Cl)cc1Cl. The Bertz CT molecular complexity index is 811. The van der Waals surface area contributed by atoms with Gasteiger partial charge in [0.2, 0.25) is 0 Å². The first-order chi connectivity index (χ1) is 11.0. The number of nitrogens with one attached hydrogen (secondary N) is 2. The van der Waals surface area contributed by atoms with Gasteiger partial charge >= 0.3 is 0 Å². The van der Waals surface area contributed by atoms with Crippen LogP contribution in [-0.2, 0) is 4.79 Å². The lowest BCUT2D eigenvalue weighted by molar-refractivity contribution is -0.117. The van der Waals surface area contributed by atoms with Gasteiger partial charge < -0.3 is 10.6 Å². The Kier molecular flexibility index (Phi) is 4.53. The van der Waals surface area contributed by atoms with Crippen molar-refractivity contribution in [2.45, 2.75) is 10.9 Å². The van der Waals surface area contributed by atoms with E-state index in [1.807, 2.05) is 18.4 Å². The molecule has 7 heteroatoms. The van der Waals surface area contributed by atoms with Crippen LogP contribution in [0.4, 0.5) is 5.69 Å². The second-order valence-corrected chi connectivity index (χ2v) is 6.61. The average molecular weight is 367 g/mol. The van der Waals surface area contributed by atoms with Gasteiger partial charge in [-0.05, 0) is 24.5 Å². The van der Waals surface area contributed by atoms with Crippen LogP contribution >= 0.6 is 35.0 Å². The lowest BCUT2D eigenvalue weighted by atomic mass is 10.1. The zero-order valence-electron chi connectivity index (χ0n) is 12.0. The minimum Gasteiger partial charge on any atom is -0.336 e. The van der Waals surface area contributed by atoms with Crippen LogP contribution in [0.25, 0.3) is 0 Å². The van der Waals surface area contributed by atoms with Gasteiger partial charge in [0.25, 0.3) is 11.8 Å². The van der Waals surface area contributed by atoms with Crippen LogP contribution < -0.4 is 10.6 Å². The number of carbonyl (C=O) groups excluding carboxylic acids is 2. The Morgan fingerprint density at radius 3 is 2.70 bits per heavy atom. The molecule has 3 rings (SSSR count). The third kappa shape index (κ3) is 3.04. The fraction of sp³-hybridized carbons (Fsp3) is 0.125. The van der Waals surface area contributed by atoms with Crippen molar-refractivity contribution in [2.75, 3.05) is 11.6 Å². The molecule has 2 N–H and O–H groups in total. The molecule has 0 radical (unpaired) electrons. The molecule has 2 aromatic carbocycles. The maximum atomic E-state index is 12.5. The minimum absolute atomic E-state index is 0.247. The van der Waals surface area contributed by atoms with Crippen molar-refractivity contribution >= 4 is 52.5 Å². The fourth-order valence-electron chi connectivity index (χ4n) is 2.42. The van der Waals surface area contributed by atoms with Crippen LogP contribution in [0.2, 0.25) is 10.0 Å². The molecule has 0 saturated carbocycles. The zero-order chi connectivity index (χ0) is 16.6. The van der Waals surface area contributed by atoms with Crippen LogP contribution in [0, 0.1) is 0 Å². The van der Waals surface area contributed by atoms with Gasteiger partial charge in [-0.2, -0.15) is 0 Å². The van der Waals surface area contributed by atoms with Gasteiger partial charge in [-0.1, -0.05) is 41.4 Å². The van der Waals surface area contributed by atoms with E-state index in [2.05, 4.69) is 10.6 Å². The molecule has 0 fully saturated rings. The molecule has 2 amide bonds. The van der Waals surface area contributed by atoms with Crippen LogP contribution in [0.5, 0.6) is 0 Å². The summed E-state index contributed by atoms with van der Waals surface area (Å²) in [6, 6.07) is 9.66. The van der Waals surface area contributed by atoms with Crippen molar-refractivity contribution in [3.05, 3.63) is 57.6 Å². The molecule has 0 spiro atoms. The summed E-state index contributed by atoms with van der Waals surface area (Å²) >= 11 is 13.6. The summed E-state index contributed by atoms with van der Waals surface area (Å²) in [4.78, 5) is 25.4. The van der Waals surface area contributed by atoms with Gasteiger partial charge in [-0.15, -0.1) is 11.8 Å². The molecule has 1 aliphatic rings. The van der Waals surface area contributed by atoms with Crippen LogP contribution in [0.3, 0.4) is 0 Å². The van der Waals surface area contributed by atoms with E-state index in [1.54, 1.807) is 18.2 Å². The smallest absolute Gasteiger partial charge is 0.253 e. The third-order valence-electron chi connectivity index (χ3n) is 3.55. The predicted octanol–water partition coefficient (Wildman–Crippen LogP) is 4.14. The number of carbonyl (C=O) groups is 2. The second kappa shape index (κ2) is 6.43. The van der Waals surface area contributed by atoms with E-state index in [-0.39, 0.29) is 16.5 Å². The summed E-state index contributed by atoms with van der Waals surface area (Å²) in [6.07, 6.45) is 1.86. The van der Waals surface area contributed by atoms with Crippen molar-refractivity contribution in [1.29, 1.82) is 0 Å². The van der Waals surface area contributed by atoms with Crippen LogP contribution in [0.1, 0.15) is 22.0 Å². The normalized spacial score (nSPS) is 16.0. The predicted molar refractivity (Wildman–Crippen MR) is 93.5 cm³/mol. The summed E-state index contributed by atoms with van der Waals surface area (Å²) in [7, 11) is 0. The molecule has 2 aromatic rings. The summed E-state index contributed by atoms with van der Waals surface area (Å²) in [5, 5.41) is 6.20. The molecule has 0 bridgehead atoms. The summed E-state index contributed by atoms with van der Waals surface area (Å²) in [5.74, 6) is -0.687. The third-order valence-corrected chi connectivity index (χ3v) is 5.07. The molecular formula is C16H12Cl2N2O2S. The van der Waals surface area contributed by atoms with Gasteiger partial charge in [0.1, 0.15) is 6.04 Å². The number of anilines is 1. The number of fused-ring (bicyclic) bond motifs is 1. The highest BCUT2D eigenvalue weighted by Crippen LogP contribution is 2.33. The number of amides is 2. The highest BCUT2D eigenvalue weighted by molar-refractivity contribution is 7.98. The molecule has 1 heterocycles. The molecule has 1 aliphatic heterocycles. The largest absolute Gasteiger partial charge is 0.336 e. The Morgan fingerprint density at radius 2 is 1.96 bits per heavy atom. The van der Waals surface area contributed by atoms with Gasteiger partial charge in [0.15, 0.2) is 0 Å². The number of hydrogen-bond donors (Lipinski definition) is 2. The van der Waals surface area contributed by atoms with Crippen molar-refractivity contribution in [2.24, 2.45) is 0 Å². The Labute approximate surface area is 147 Å².